The van der Waals surface area contributed by atoms with E-state index in [1.54, 1.807) is 6.07 Å². The molecular weight excluding hydrogens is 335 g/mol. The average molecular weight is 353 g/mol. The number of carbonyl (C=O) groups excluding carboxylic acids is 1. The molecule has 0 aliphatic rings. The highest BCUT2D eigenvalue weighted by Crippen LogP contribution is 2.22. The van der Waals surface area contributed by atoms with Gasteiger partial charge in [0.05, 0.1) is 15.8 Å². The Kier molecular flexibility index (Phi) is 7.45. The molecule has 8 heteroatoms. The second-order valence-electron chi connectivity index (χ2n) is 4.45. The van der Waals surface area contributed by atoms with Crippen LogP contribution in [0.5, 0.6) is 0 Å². The van der Waals surface area contributed by atoms with Gasteiger partial charge < -0.3 is 5.32 Å². The molecule has 118 valence electrons. The Morgan fingerprint density at radius 3 is 2.52 bits per heavy atom. The molecule has 5 nitrogen and oxygen atoms in total. The first-order valence-corrected chi connectivity index (χ1v) is 8.97. The summed E-state index contributed by atoms with van der Waals surface area (Å²) in [7, 11) is -3.26. The van der Waals surface area contributed by atoms with Crippen molar-refractivity contribution in [2.45, 2.75) is 19.8 Å². The van der Waals surface area contributed by atoms with Crippen LogP contribution in [0.25, 0.3) is 0 Å². The molecule has 0 radical (unpaired) electrons. The molecular formula is C13H18Cl2N2O3S. The quantitative estimate of drug-likeness (QED) is 0.705. The minimum absolute atomic E-state index is 0.101. The van der Waals surface area contributed by atoms with E-state index < -0.39 is 10.0 Å². The van der Waals surface area contributed by atoms with Gasteiger partial charge in [0.25, 0.3) is 5.91 Å². The number of rotatable bonds is 8. The van der Waals surface area contributed by atoms with Gasteiger partial charge >= 0.3 is 0 Å². The second-order valence-corrected chi connectivity index (χ2v) is 7.19. The summed E-state index contributed by atoms with van der Waals surface area (Å²) in [6.07, 6.45) is 1.43. The fourth-order valence-electron chi connectivity index (χ4n) is 1.53. The van der Waals surface area contributed by atoms with E-state index in [4.69, 9.17) is 23.2 Å². The lowest BCUT2D eigenvalue weighted by Gasteiger charge is -2.08. The molecule has 0 aromatic heterocycles. The van der Waals surface area contributed by atoms with Crippen molar-refractivity contribution < 1.29 is 13.2 Å². The van der Waals surface area contributed by atoms with Gasteiger partial charge in [-0.05, 0) is 24.6 Å². The Morgan fingerprint density at radius 2 is 1.90 bits per heavy atom. The molecule has 0 atom stereocenters. The van der Waals surface area contributed by atoms with Crippen LogP contribution in [0.15, 0.2) is 18.2 Å². The molecule has 1 rings (SSSR count). The summed E-state index contributed by atoms with van der Waals surface area (Å²) < 4.78 is 25.5. The first kappa shape index (κ1) is 18.2. The number of sulfonamides is 1. The number of carbonyl (C=O) groups is 1. The SMILES string of the molecule is CCCCS(=O)(=O)NCCNC(=O)c1ccc(Cl)c(Cl)c1. The normalized spacial score (nSPS) is 11.4. The van der Waals surface area contributed by atoms with Crippen molar-refractivity contribution in [3.63, 3.8) is 0 Å². The van der Waals surface area contributed by atoms with Gasteiger partial charge in [0.15, 0.2) is 0 Å². The summed E-state index contributed by atoms with van der Waals surface area (Å²) in [6.45, 7) is 2.27. The van der Waals surface area contributed by atoms with Crippen molar-refractivity contribution in [3.05, 3.63) is 33.8 Å². The van der Waals surface area contributed by atoms with Crippen molar-refractivity contribution in [1.82, 2.24) is 10.0 Å². The summed E-state index contributed by atoms with van der Waals surface area (Å²) in [6, 6.07) is 4.55. The van der Waals surface area contributed by atoms with E-state index >= 15 is 0 Å². The fraction of sp³-hybridized carbons (Fsp3) is 0.462. The van der Waals surface area contributed by atoms with E-state index in [0.717, 1.165) is 6.42 Å². The first-order valence-electron chi connectivity index (χ1n) is 6.56. The van der Waals surface area contributed by atoms with Gasteiger partial charge in [-0.3, -0.25) is 4.79 Å². The van der Waals surface area contributed by atoms with Gasteiger partial charge in [0.1, 0.15) is 0 Å². The fourth-order valence-corrected chi connectivity index (χ4v) is 3.05. The molecule has 1 aromatic carbocycles. The third kappa shape index (κ3) is 6.65. The topological polar surface area (TPSA) is 75.3 Å². The molecule has 0 unspecified atom stereocenters. The van der Waals surface area contributed by atoms with E-state index in [9.17, 15) is 13.2 Å². The Bertz CT molecular complexity index is 591. The smallest absolute Gasteiger partial charge is 0.251 e. The van der Waals surface area contributed by atoms with Crippen molar-refractivity contribution in [1.29, 1.82) is 0 Å². The standard InChI is InChI=1S/C13H18Cl2N2O3S/c1-2-3-8-21(19,20)17-7-6-16-13(18)10-4-5-11(14)12(15)9-10/h4-5,9,17H,2-3,6-8H2,1H3,(H,16,18). The molecule has 0 heterocycles. The van der Waals surface area contributed by atoms with Crippen LogP contribution in [0.1, 0.15) is 30.1 Å². The van der Waals surface area contributed by atoms with Crippen molar-refractivity contribution in [3.8, 4) is 0 Å². The molecule has 2 N–H and O–H groups in total. The summed E-state index contributed by atoms with van der Waals surface area (Å²) >= 11 is 11.6. The lowest BCUT2D eigenvalue weighted by Crippen LogP contribution is -2.35. The number of nitrogens with one attached hydrogen (secondary N) is 2. The van der Waals surface area contributed by atoms with Gasteiger partial charge in [-0.1, -0.05) is 36.5 Å². The van der Waals surface area contributed by atoms with Crippen molar-refractivity contribution in [2.24, 2.45) is 0 Å². The predicted octanol–water partition coefficient (Wildman–Crippen LogP) is 2.44. The molecule has 0 saturated heterocycles. The molecule has 1 aromatic rings. The third-order valence-corrected chi connectivity index (χ3v) is 4.89. The monoisotopic (exact) mass is 352 g/mol. The van der Waals surface area contributed by atoms with Crippen LogP contribution in [0.3, 0.4) is 0 Å². The Hall–Kier alpha value is -0.820. The molecule has 0 bridgehead atoms. The zero-order valence-corrected chi connectivity index (χ0v) is 14.0. The minimum Gasteiger partial charge on any atom is -0.351 e. The molecule has 0 fully saturated rings. The highest BCUT2D eigenvalue weighted by Gasteiger charge is 2.10. The minimum atomic E-state index is -3.26. The van der Waals surface area contributed by atoms with Crippen LogP contribution in [-0.4, -0.2) is 33.2 Å². The number of unbranched alkanes of at least 4 members (excludes halogenated alkanes) is 1. The van der Waals surface area contributed by atoms with Gasteiger partial charge in [-0.15, -0.1) is 0 Å². The van der Waals surface area contributed by atoms with Gasteiger partial charge in [-0.2, -0.15) is 0 Å². The van der Waals surface area contributed by atoms with Crippen LogP contribution >= 0.6 is 23.2 Å². The number of hydrogen-bond acceptors (Lipinski definition) is 3. The van der Waals surface area contributed by atoms with Crippen LogP contribution in [0.2, 0.25) is 10.0 Å². The van der Waals surface area contributed by atoms with Crippen molar-refractivity contribution >= 4 is 39.1 Å². The van der Waals surface area contributed by atoms with E-state index in [1.807, 2.05) is 6.92 Å². The predicted molar refractivity (Wildman–Crippen MR) is 85.5 cm³/mol. The first-order chi connectivity index (χ1) is 9.85. The molecule has 0 aliphatic carbocycles. The number of halogens is 2. The second kappa shape index (κ2) is 8.58. The highest BCUT2D eigenvalue weighted by molar-refractivity contribution is 7.89. The largest absolute Gasteiger partial charge is 0.351 e. The lowest BCUT2D eigenvalue weighted by molar-refractivity contribution is 0.0954. The number of hydrogen-bond donors (Lipinski definition) is 2. The van der Waals surface area contributed by atoms with Crippen LogP contribution in [0.4, 0.5) is 0 Å². The van der Waals surface area contributed by atoms with E-state index in [-0.39, 0.29) is 24.7 Å². The van der Waals surface area contributed by atoms with Gasteiger partial charge in [0, 0.05) is 18.7 Å². The highest BCUT2D eigenvalue weighted by atomic mass is 35.5. The molecule has 21 heavy (non-hydrogen) atoms. The maximum absolute atomic E-state index is 11.8. The van der Waals surface area contributed by atoms with E-state index in [2.05, 4.69) is 10.0 Å². The van der Waals surface area contributed by atoms with Gasteiger partial charge in [-0.25, -0.2) is 13.1 Å². The Morgan fingerprint density at radius 1 is 1.19 bits per heavy atom. The lowest BCUT2D eigenvalue weighted by atomic mass is 10.2. The van der Waals surface area contributed by atoms with Gasteiger partial charge in [0.2, 0.25) is 10.0 Å². The third-order valence-electron chi connectivity index (χ3n) is 2.68. The summed E-state index contributed by atoms with van der Waals surface area (Å²) in [5, 5.41) is 3.27. The summed E-state index contributed by atoms with van der Waals surface area (Å²) in [4.78, 5) is 11.8. The average Bonchev–Trinajstić information content (AvgIpc) is 2.44. The Labute approximate surface area is 135 Å². The molecule has 0 aliphatic heterocycles. The zero-order valence-electron chi connectivity index (χ0n) is 11.7. The van der Waals surface area contributed by atoms with Crippen LogP contribution < -0.4 is 10.0 Å². The maximum atomic E-state index is 11.8. The van der Waals surface area contributed by atoms with E-state index in [0.29, 0.717) is 22.0 Å². The van der Waals surface area contributed by atoms with E-state index in [1.165, 1.54) is 12.1 Å². The number of benzene rings is 1. The van der Waals surface area contributed by atoms with Crippen LogP contribution in [0, 0.1) is 0 Å². The zero-order chi connectivity index (χ0) is 15.9. The molecule has 0 spiro atoms. The number of amides is 1. The molecule has 1 amide bonds. The summed E-state index contributed by atoms with van der Waals surface area (Å²) in [5.74, 6) is -0.231. The maximum Gasteiger partial charge on any atom is 0.251 e. The Balaban J connectivity index is 2.38. The molecule has 0 saturated carbocycles. The van der Waals surface area contributed by atoms with Crippen LogP contribution in [-0.2, 0) is 10.0 Å². The van der Waals surface area contributed by atoms with Crippen molar-refractivity contribution in [2.75, 3.05) is 18.8 Å². The summed E-state index contributed by atoms with van der Waals surface area (Å²) in [5.41, 5.74) is 0.373.